The van der Waals surface area contributed by atoms with Crippen LogP contribution in [0.1, 0.15) is 18.1 Å². The molecule has 0 unspecified atom stereocenters. The first-order valence-corrected chi connectivity index (χ1v) is 9.58. The largest absolute Gasteiger partial charge is 0.465 e. The van der Waals surface area contributed by atoms with Crippen molar-refractivity contribution >= 4 is 27.2 Å². The van der Waals surface area contributed by atoms with Crippen molar-refractivity contribution in [1.82, 2.24) is 0 Å². The van der Waals surface area contributed by atoms with Crippen molar-refractivity contribution in [3.8, 4) is 0 Å². The molecular weight excluding hydrogens is 352 g/mol. The zero-order valence-corrected chi connectivity index (χ0v) is 15.7. The van der Waals surface area contributed by atoms with E-state index in [1.165, 1.54) is 19.1 Å². The second kappa shape index (κ2) is 8.10. The minimum absolute atomic E-state index is 0.129. The summed E-state index contributed by atoms with van der Waals surface area (Å²) in [5, 5.41) is 0. The Kier molecular flexibility index (Phi) is 6.10. The second-order valence-corrected chi connectivity index (χ2v) is 7.83. The Balaban J connectivity index is 2.64. The van der Waals surface area contributed by atoms with Crippen molar-refractivity contribution in [3.05, 3.63) is 71.3 Å². The number of methoxy groups -OCH3 is 1. The van der Waals surface area contributed by atoms with Gasteiger partial charge in [-0.1, -0.05) is 48.0 Å². The average Bonchev–Trinajstić information content (AvgIpc) is 2.61. The Hall–Kier alpha value is -2.73. The molecule has 0 aliphatic carbocycles. The van der Waals surface area contributed by atoms with Gasteiger partial charge in [-0.05, 0) is 37.1 Å². The Bertz CT molecular complexity index is 939. The molecule has 0 spiro atoms. The van der Waals surface area contributed by atoms with Gasteiger partial charge in [0.05, 0.1) is 17.8 Å². The van der Waals surface area contributed by atoms with E-state index in [9.17, 15) is 18.0 Å². The van der Waals surface area contributed by atoms with Crippen molar-refractivity contribution in [1.29, 1.82) is 0 Å². The molecule has 0 heterocycles. The molecule has 0 saturated carbocycles. The maximum Gasteiger partial charge on any atom is 0.341 e. The van der Waals surface area contributed by atoms with Gasteiger partial charge >= 0.3 is 5.97 Å². The number of hydrogen-bond acceptors (Lipinski definition) is 5. The normalized spacial score (nSPS) is 12.3. The zero-order valence-electron chi connectivity index (χ0n) is 14.9. The smallest absolute Gasteiger partial charge is 0.341 e. The van der Waals surface area contributed by atoms with Crippen LogP contribution in [0.2, 0.25) is 0 Å². The molecule has 0 aliphatic heterocycles. The van der Waals surface area contributed by atoms with Crippen LogP contribution in [0, 0.1) is 6.92 Å². The van der Waals surface area contributed by atoms with Crippen LogP contribution in [0.15, 0.2) is 65.1 Å². The summed E-state index contributed by atoms with van der Waals surface area (Å²) in [4.78, 5) is 24.3. The summed E-state index contributed by atoms with van der Waals surface area (Å²) in [6.07, 6.45) is 0. The number of esters is 1. The van der Waals surface area contributed by atoms with Gasteiger partial charge in [0, 0.05) is 0 Å². The summed E-state index contributed by atoms with van der Waals surface area (Å²) >= 11 is 0. The topological polar surface area (TPSA) is 77.5 Å². The van der Waals surface area contributed by atoms with Crippen molar-refractivity contribution in [2.24, 2.45) is 0 Å². The van der Waals surface area contributed by atoms with Crippen LogP contribution in [0.25, 0.3) is 5.57 Å². The van der Waals surface area contributed by atoms with E-state index in [-0.39, 0.29) is 16.0 Å². The molecule has 0 aliphatic rings. The molecule has 0 amide bonds. The summed E-state index contributed by atoms with van der Waals surface area (Å²) in [6, 6.07) is 14.9. The highest BCUT2D eigenvalue weighted by Gasteiger charge is 2.26. The van der Waals surface area contributed by atoms with E-state index in [0.717, 1.165) is 12.7 Å². The fraction of sp³-hybridized carbons (Fsp3) is 0.200. The maximum absolute atomic E-state index is 12.9. The number of ether oxygens (including phenoxy) is 1. The van der Waals surface area contributed by atoms with Gasteiger partial charge in [-0.15, -0.1) is 0 Å². The summed E-state index contributed by atoms with van der Waals surface area (Å²) in [5.41, 5.74) is 1.29. The van der Waals surface area contributed by atoms with E-state index in [2.05, 4.69) is 0 Å². The molecule has 0 radical (unpaired) electrons. The highest BCUT2D eigenvalue weighted by Crippen LogP contribution is 2.25. The molecule has 26 heavy (non-hydrogen) atoms. The molecule has 0 aromatic heterocycles. The Labute approximate surface area is 153 Å². The summed E-state index contributed by atoms with van der Waals surface area (Å²) in [7, 11) is -2.61. The van der Waals surface area contributed by atoms with Crippen LogP contribution in [-0.4, -0.2) is 33.0 Å². The standard InChI is InChI=1S/C20H20O5S/c1-14-9-11-17(12-10-14)26(23,24)13-18(16-7-5-4-6-8-16)19(15(2)21)20(22)25-3/h4-12H,13H2,1-3H3/b19-18+. The molecule has 136 valence electrons. The second-order valence-electron chi connectivity index (χ2n) is 5.84. The molecule has 0 bridgehead atoms. The highest BCUT2D eigenvalue weighted by atomic mass is 32.2. The van der Waals surface area contributed by atoms with Gasteiger partial charge in [0.2, 0.25) is 0 Å². The van der Waals surface area contributed by atoms with Crippen LogP contribution < -0.4 is 0 Å². The minimum Gasteiger partial charge on any atom is -0.465 e. The Morgan fingerprint density at radius 2 is 1.54 bits per heavy atom. The van der Waals surface area contributed by atoms with Crippen molar-refractivity contribution < 1.29 is 22.7 Å². The lowest BCUT2D eigenvalue weighted by atomic mass is 9.99. The lowest BCUT2D eigenvalue weighted by molar-refractivity contribution is -0.137. The third kappa shape index (κ3) is 4.46. The molecule has 2 aromatic rings. The number of benzene rings is 2. The molecule has 6 heteroatoms. The fourth-order valence-corrected chi connectivity index (χ4v) is 3.95. The van der Waals surface area contributed by atoms with E-state index in [1.807, 2.05) is 6.92 Å². The maximum atomic E-state index is 12.9. The SMILES string of the molecule is COC(=O)/C(C(C)=O)=C(\CS(=O)(=O)c1ccc(C)cc1)c1ccccc1. The molecule has 5 nitrogen and oxygen atoms in total. The summed E-state index contributed by atoms with van der Waals surface area (Å²) in [6.45, 7) is 3.07. The molecule has 0 fully saturated rings. The van der Waals surface area contributed by atoms with Gasteiger partial charge in [0.25, 0.3) is 0 Å². The van der Waals surface area contributed by atoms with Crippen LogP contribution in [0.4, 0.5) is 0 Å². The third-order valence-electron chi connectivity index (χ3n) is 3.88. The molecule has 2 aromatic carbocycles. The zero-order chi connectivity index (χ0) is 19.3. The quantitative estimate of drug-likeness (QED) is 0.337. The molecule has 2 rings (SSSR count). The third-order valence-corrected chi connectivity index (χ3v) is 5.54. The number of hydrogen-bond donors (Lipinski definition) is 0. The Morgan fingerprint density at radius 3 is 2.04 bits per heavy atom. The number of carbonyl (C=O) groups excluding carboxylic acids is 2. The van der Waals surface area contributed by atoms with Gasteiger partial charge in [-0.2, -0.15) is 0 Å². The van der Waals surface area contributed by atoms with E-state index in [4.69, 9.17) is 4.74 Å². The van der Waals surface area contributed by atoms with Crippen molar-refractivity contribution in [2.45, 2.75) is 18.7 Å². The van der Waals surface area contributed by atoms with Crippen molar-refractivity contribution in [3.63, 3.8) is 0 Å². The summed E-state index contributed by atoms with van der Waals surface area (Å²) in [5.74, 6) is -1.88. The monoisotopic (exact) mass is 372 g/mol. The van der Waals surface area contributed by atoms with Crippen molar-refractivity contribution in [2.75, 3.05) is 12.9 Å². The van der Waals surface area contributed by atoms with Gasteiger partial charge in [0.15, 0.2) is 15.6 Å². The number of sulfone groups is 1. The predicted molar refractivity (Wildman–Crippen MR) is 99.3 cm³/mol. The van der Waals surface area contributed by atoms with E-state index in [1.54, 1.807) is 42.5 Å². The Morgan fingerprint density at radius 1 is 0.962 bits per heavy atom. The van der Waals surface area contributed by atoms with Crippen LogP contribution in [-0.2, 0) is 24.2 Å². The molecule has 0 saturated heterocycles. The number of rotatable bonds is 6. The summed E-state index contributed by atoms with van der Waals surface area (Å²) < 4.78 is 30.4. The number of ketones is 1. The highest BCUT2D eigenvalue weighted by molar-refractivity contribution is 7.91. The molecule has 0 N–H and O–H groups in total. The number of aryl methyl sites for hydroxylation is 1. The molecule has 0 atom stereocenters. The predicted octanol–water partition coefficient (Wildman–Crippen LogP) is 2.98. The lowest BCUT2D eigenvalue weighted by Crippen LogP contribution is -2.19. The van der Waals surface area contributed by atoms with Gasteiger partial charge < -0.3 is 4.74 Å². The van der Waals surface area contributed by atoms with E-state index in [0.29, 0.717) is 5.56 Å². The number of carbonyl (C=O) groups is 2. The van der Waals surface area contributed by atoms with Gasteiger partial charge in [0.1, 0.15) is 5.57 Å². The van der Waals surface area contributed by atoms with E-state index >= 15 is 0 Å². The first kappa shape index (κ1) is 19.6. The van der Waals surface area contributed by atoms with Crippen LogP contribution >= 0.6 is 0 Å². The first-order valence-electron chi connectivity index (χ1n) is 7.93. The van der Waals surface area contributed by atoms with E-state index < -0.39 is 27.3 Å². The first-order chi connectivity index (χ1) is 12.3. The van der Waals surface area contributed by atoms with Gasteiger partial charge in [-0.25, -0.2) is 13.2 Å². The van der Waals surface area contributed by atoms with Crippen LogP contribution in [0.5, 0.6) is 0 Å². The number of Topliss-reactive ketones (excluding diaryl/α,β-unsaturated/α-hetero) is 1. The average molecular weight is 372 g/mol. The van der Waals surface area contributed by atoms with Gasteiger partial charge in [-0.3, -0.25) is 4.79 Å². The molecular formula is C20H20O5S. The lowest BCUT2D eigenvalue weighted by Gasteiger charge is -2.13. The van der Waals surface area contributed by atoms with Crippen LogP contribution in [0.3, 0.4) is 0 Å². The minimum atomic E-state index is -3.76. The fourth-order valence-electron chi connectivity index (χ4n) is 2.54.